The van der Waals surface area contributed by atoms with Crippen LogP contribution >= 0.6 is 11.3 Å². The predicted octanol–water partition coefficient (Wildman–Crippen LogP) is 6.78. The van der Waals surface area contributed by atoms with Crippen LogP contribution in [-0.2, 0) is 6.54 Å². The summed E-state index contributed by atoms with van der Waals surface area (Å²) < 4.78 is 18.8. The summed E-state index contributed by atoms with van der Waals surface area (Å²) in [5.41, 5.74) is 5.89. The molecule has 7 rings (SSSR count). The molecule has 3 heterocycles. The first kappa shape index (κ1) is 23.3. The maximum absolute atomic E-state index is 14.4. The molecule has 0 unspecified atom stereocenters. The summed E-state index contributed by atoms with van der Waals surface area (Å²) in [6, 6.07) is 34.7. The van der Waals surface area contributed by atoms with Crippen molar-refractivity contribution in [3.63, 3.8) is 0 Å². The number of benzene rings is 4. The fourth-order valence-electron chi connectivity index (χ4n) is 5.13. The van der Waals surface area contributed by atoms with Gasteiger partial charge in [-0.2, -0.15) is 0 Å². The first-order chi connectivity index (χ1) is 19.2. The largest absolute Gasteiger partial charge is 0.342 e. The Bertz CT molecular complexity index is 2070. The summed E-state index contributed by atoms with van der Waals surface area (Å²) in [4.78, 5) is 19.5. The SMILES string of the molecule is O=c1/c(=C\c2cn(Cc3ccccc3F)c3ccccc23)sc2nc(-c3ccccc3)c(-c3ccccc3)n12. The number of halogens is 1. The van der Waals surface area contributed by atoms with E-state index in [1.807, 2.05) is 108 Å². The molecule has 4 aromatic carbocycles. The van der Waals surface area contributed by atoms with Gasteiger partial charge in [0.1, 0.15) is 5.82 Å². The van der Waals surface area contributed by atoms with E-state index in [4.69, 9.17) is 4.98 Å². The number of fused-ring (bicyclic) bond motifs is 2. The fraction of sp³-hybridized carbons (Fsp3) is 0.0303. The van der Waals surface area contributed by atoms with Crippen LogP contribution in [-0.4, -0.2) is 14.0 Å². The van der Waals surface area contributed by atoms with Gasteiger partial charge in [-0.3, -0.25) is 4.79 Å². The van der Waals surface area contributed by atoms with Crippen LogP contribution in [0.4, 0.5) is 4.39 Å². The lowest BCUT2D eigenvalue weighted by molar-refractivity contribution is 0.602. The summed E-state index contributed by atoms with van der Waals surface area (Å²) in [5, 5.41) is 1.01. The Morgan fingerprint density at radius 1 is 0.795 bits per heavy atom. The number of rotatable bonds is 5. The van der Waals surface area contributed by atoms with Crippen molar-refractivity contribution >= 4 is 33.3 Å². The van der Waals surface area contributed by atoms with Crippen molar-refractivity contribution in [2.75, 3.05) is 0 Å². The average molecular weight is 528 g/mol. The molecule has 188 valence electrons. The van der Waals surface area contributed by atoms with Gasteiger partial charge in [-0.15, -0.1) is 0 Å². The molecule has 6 heteroatoms. The van der Waals surface area contributed by atoms with Crippen molar-refractivity contribution in [3.8, 4) is 22.5 Å². The lowest BCUT2D eigenvalue weighted by Gasteiger charge is -2.06. The standard InChI is InChI=1S/C33H22FN3OS/c34-27-17-9-7-15-24(27)20-36-21-25(26-16-8-10-18-28(26)36)19-29-32(38)37-31(23-13-5-2-6-14-23)30(35-33(37)39-29)22-11-3-1-4-12-22/h1-19,21H,20H2/b29-19+. The van der Waals surface area contributed by atoms with Crippen molar-refractivity contribution in [3.05, 3.63) is 147 Å². The summed E-state index contributed by atoms with van der Waals surface area (Å²) >= 11 is 1.38. The number of thiazole rings is 1. The van der Waals surface area contributed by atoms with Crippen LogP contribution in [0.25, 0.3) is 44.5 Å². The van der Waals surface area contributed by atoms with E-state index in [0.717, 1.165) is 39.0 Å². The number of hydrogen-bond acceptors (Lipinski definition) is 3. The number of nitrogens with zero attached hydrogens (tertiary/aromatic N) is 3. The fourth-order valence-corrected chi connectivity index (χ4v) is 6.10. The Balaban J connectivity index is 1.42. The zero-order valence-electron chi connectivity index (χ0n) is 20.8. The molecule has 0 radical (unpaired) electrons. The monoisotopic (exact) mass is 527 g/mol. The molecule has 0 bridgehead atoms. The molecule has 0 aliphatic rings. The highest BCUT2D eigenvalue weighted by atomic mass is 32.1. The molecular formula is C33H22FN3OS. The Morgan fingerprint density at radius 2 is 1.46 bits per heavy atom. The van der Waals surface area contributed by atoms with E-state index in [1.54, 1.807) is 16.5 Å². The van der Waals surface area contributed by atoms with Crippen molar-refractivity contribution in [2.45, 2.75) is 6.54 Å². The minimum Gasteiger partial charge on any atom is -0.342 e. The molecule has 0 aliphatic heterocycles. The van der Waals surface area contributed by atoms with Gasteiger partial charge in [0.25, 0.3) is 5.56 Å². The van der Waals surface area contributed by atoms with E-state index >= 15 is 0 Å². The molecule has 39 heavy (non-hydrogen) atoms. The molecule has 0 fully saturated rings. The van der Waals surface area contributed by atoms with Crippen LogP contribution in [0.1, 0.15) is 11.1 Å². The number of aromatic nitrogens is 3. The summed E-state index contributed by atoms with van der Waals surface area (Å²) in [7, 11) is 0. The van der Waals surface area contributed by atoms with Crippen LogP contribution in [0.5, 0.6) is 0 Å². The van der Waals surface area contributed by atoms with Crippen molar-refractivity contribution < 1.29 is 4.39 Å². The highest BCUT2D eigenvalue weighted by molar-refractivity contribution is 7.15. The predicted molar refractivity (Wildman–Crippen MR) is 156 cm³/mol. The van der Waals surface area contributed by atoms with Crippen molar-refractivity contribution in [1.82, 2.24) is 14.0 Å². The molecular weight excluding hydrogens is 505 g/mol. The Hall–Kier alpha value is -4.81. The minimum absolute atomic E-state index is 0.102. The van der Waals surface area contributed by atoms with E-state index in [9.17, 15) is 9.18 Å². The zero-order chi connectivity index (χ0) is 26.3. The summed E-state index contributed by atoms with van der Waals surface area (Å²) in [5.74, 6) is -0.232. The van der Waals surface area contributed by atoms with Crippen LogP contribution < -0.4 is 10.1 Å². The van der Waals surface area contributed by atoms with E-state index in [-0.39, 0.29) is 11.4 Å². The maximum Gasteiger partial charge on any atom is 0.274 e. The van der Waals surface area contributed by atoms with Crippen LogP contribution in [0, 0.1) is 5.82 Å². The summed E-state index contributed by atoms with van der Waals surface area (Å²) in [6.45, 7) is 0.400. The minimum atomic E-state index is -0.232. The second-order valence-electron chi connectivity index (χ2n) is 9.40. The number of para-hydroxylation sites is 1. The van der Waals surface area contributed by atoms with Crippen LogP contribution in [0.2, 0.25) is 0 Å². The molecule has 0 saturated carbocycles. The lowest BCUT2D eigenvalue weighted by atomic mass is 10.1. The normalized spacial score (nSPS) is 12.1. The van der Waals surface area contributed by atoms with Crippen molar-refractivity contribution in [1.29, 1.82) is 0 Å². The Labute approximate surface area is 227 Å². The molecule has 0 atom stereocenters. The molecule has 0 aliphatic carbocycles. The van der Waals surface area contributed by atoms with E-state index < -0.39 is 0 Å². The van der Waals surface area contributed by atoms with Gasteiger partial charge < -0.3 is 4.57 Å². The lowest BCUT2D eigenvalue weighted by Crippen LogP contribution is -2.23. The van der Waals surface area contributed by atoms with Gasteiger partial charge in [0, 0.05) is 39.4 Å². The van der Waals surface area contributed by atoms with Gasteiger partial charge in [-0.1, -0.05) is 108 Å². The second kappa shape index (κ2) is 9.49. The molecule has 0 N–H and O–H groups in total. The number of hydrogen-bond donors (Lipinski definition) is 0. The van der Waals surface area contributed by atoms with Gasteiger partial charge in [0.2, 0.25) is 0 Å². The van der Waals surface area contributed by atoms with E-state index in [0.29, 0.717) is 21.6 Å². The topological polar surface area (TPSA) is 39.3 Å². The third kappa shape index (κ3) is 4.06. The van der Waals surface area contributed by atoms with Gasteiger partial charge in [-0.05, 0) is 18.2 Å². The van der Waals surface area contributed by atoms with Gasteiger partial charge >= 0.3 is 0 Å². The molecule has 0 saturated heterocycles. The van der Waals surface area contributed by atoms with Gasteiger partial charge in [0.15, 0.2) is 4.96 Å². The Morgan fingerprint density at radius 3 is 2.23 bits per heavy atom. The Kier molecular flexibility index (Phi) is 5.68. The third-order valence-corrected chi connectivity index (χ3v) is 7.93. The molecule has 4 nitrogen and oxygen atoms in total. The molecule has 0 spiro atoms. The first-order valence-electron chi connectivity index (χ1n) is 12.7. The van der Waals surface area contributed by atoms with Crippen LogP contribution in [0.3, 0.4) is 0 Å². The second-order valence-corrected chi connectivity index (χ2v) is 10.4. The van der Waals surface area contributed by atoms with Gasteiger partial charge in [0.05, 0.1) is 22.5 Å². The van der Waals surface area contributed by atoms with E-state index in [1.165, 1.54) is 17.4 Å². The molecule has 7 aromatic rings. The maximum atomic E-state index is 14.4. The molecule has 3 aromatic heterocycles. The van der Waals surface area contributed by atoms with Crippen molar-refractivity contribution in [2.24, 2.45) is 0 Å². The smallest absolute Gasteiger partial charge is 0.274 e. The van der Waals surface area contributed by atoms with Crippen LogP contribution in [0.15, 0.2) is 120 Å². The average Bonchev–Trinajstić information content (AvgIpc) is 3.62. The first-order valence-corrected chi connectivity index (χ1v) is 13.5. The zero-order valence-corrected chi connectivity index (χ0v) is 21.6. The quantitative estimate of drug-likeness (QED) is 0.248. The molecule has 0 amide bonds. The number of imidazole rings is 1. The summed E-state index contributed by atoms with van der Waals surface area (Å²) in [6.07, 6.45) is 3.92. The van der Waals surface area contributed by atoms with Gasteiger partial charge in [-0.25, -0.2) is 13.8 Å². The highest BCUT2D eigenvalue weighted by Gasteiger charge is 2.20. The highest BCUT2D eigenvalue weighted by Crippen LogP contribution is 2.32. The van der Waals surface area contributed by atoms with E-state index in [2.05, 4.69) is 0 Å². The third-order valence-electron chi connectivity index (χ3n) is 6.96.